The molecule has 9 heteroatoms. The Morgan fingerprint density at radius 1 is 1.00 bits per heavy atom. The van der Waals surface area contributed by atoms with Crippen molar-refractivity contribution in [3.8, 4) is 0 Å². The van der Waals surface area contributed by atoms with E-state index in [4.69, 9.17) is 0 Å². The highest BCUT2D eigenvalue weighted by Gasteiger charge is 2.27. The first kappa shape index (κ1) is 23.6. The molecule has 0 radical (unpaired) electrons. The summed E-state index contributed by atoms with van der Waals surface area (Å²) in [6, 6.07) is 20.7. The minimum atomic E-state index is -4.26. The molecule has 0 bridgehead atoms. The standard InChI is InChI=1S/C25H25FN4O3S/c1-18-28-21-12-6-7-13-23(21)30(18)16-15-27-25(31)22(17-19-9-3-2-4-10-19)29-34(32,33)24-14-8-5-11-20(24)26/h2-14,22,29H,15-17H2,1H3,(H,27,31)/t22-/m0/s1. The van der Waals surface area contributed by atoms with Gasteiger partial charge in [0, 0.05) is 13.1 Å². The van der Waals surface area contributed by atoms with Gasteiger partial charge in [0.15, 0.2) is 0 Å². The van der Waals surface area contributed by atoms with Crippen LogP contribution in [0.15, 0.2) is 83.8 Å². The summed E-state index contributed by atoms with van der Waals surface area (Å²) in [6.07, 6.45) is 0.118. The highest BCUT2D eigenvalue weighted by atomic mass is 32.2. The van der Waals surface area contributed by atoms with Gasteiger partial charge in [0.1, 0.15) is 22.6 Å². The van der Waals surface area contributed by atoms with Crippen LogP contribution in [-0.4, -0.2) is 36.5 Å². The number of hydrogen-bond donors (Lipinski definition) is 2. The summed E-state index contributed by atoms with van der Waals surface area (Å²) in [6.45, 7) is 2.63. The Kier molecular flexibility index (Phi) is 7.04. The number of fused-ring (bicyclic) bond motifs is 1. The van der Waals surface area contributed by atoms with Gasteiger partial charge in [-0.25, -0.2) is 17.8 Å². The summed E-state index contributed by atoms with van der Waals surface area (Å²) in [5.41, 5.74) is 2.59. The summed E-state index contributed by atoms with van der Waals surface area (Å²) in [7, 11) is -4.26. The van der Waals surface area contributed by atoms with Gasteiger partial charge < -0.3 is 9.88 Å². The molecule has 0 aliphatic heterocycles. The summed E-state index contributed by atoms with van der Waals surface area (Å²) in [5.74, 6) is -0.557. The third-order valence-electron chi connectivity index (χ3n) is 5.50. The van der Waals surface area contributed by atoms with Gasteiger partial charge in [-0.2, -0.15) is 4.72 Å². The van der Waals surface area contributed by atoms with Crippen LogP contribution in [0.4, 0.5) is 4.39 Å². The number of imidazole rings is 1. The van der Waals surface area contributed by atoms with E-state index >= 15 is 0 Å². The van der Waals surface area contributed by atoms with Gasteiger partial charge in [0.2, 0.25) is 15.9 Å². The second kappa shape index (κ2) is 10.1. The van der Waals surface area contributed by atoms with Crippen molar-refractivity contribution in [2.45, 2.75) is 30.8 Å². The second-order valence-corrected chi connectivity index (χ2v) is 9.57. The fourth-order valence-corrected chi connectivity index (χ4v) is 5.12. The Labute approximate surface area is 197 Å². The van der Waals surface area contributed by atoms with E-state index in [0.29, 0.717) is 6.54 Å². The summed E-state index contributed by atoms with van der Waals surface area (Å²) in [4.78, 5) is 17.1. The lowest BCUT2D eigenvalue weighted by molar-refractivity contribution is -0.122. The largest absolute Gasteiger partial charge is 0.353 e. The summed E-state index contributed by atoms with van der Waals surface area (Å²) >= 11 is 0. The fraction of sp³-hybridized carbons (Fsp3) is 0.200. The molecule has 0 aliphatic carbocycles. The molecular weight excluding hydrogens is 455 g/mol. The van der Waals surface area contributed by atoms with Crippen LogP contribution < -0.4 is 10.0 Å². The molecule has 0 spiro atoms. The number of rotatable bonds is 9. The third kappa shape index (κ3) is 5.32. The maximum Gasteiger partial charge on any atom is 0.244 e. The molecule has 2 N–H and O–H groups in total. The van der Waals surface area contributed by atoms with Gasteiger partial charge in [0.25, 0.3) is 0 Å². The average molecular weight is 481 g/mol. The molecular formula is C25H25FN4O3S. The van der Waals surface area contributed by atoms with E-state index < -0.39 is 32.7 Å². The lowest BCUT2D eigenvalue weighted by Crippen LogP contribution is -2.48. The van der Waals surface area contributed by atoms with Crippen LogP contribution in [0.1, 0.15) is 11.4 Å². The van der Waals surface area contributed by atoms with Crippen LogP contribution in [-0.2, 0) is 27.8 Å². The second-order valence-electron chi connectivity index (χ2n) is 7.88. The highest BCUT2D eigenvalue weighted by molar-refractivity contribution is 7.89. The van der Waals surface area contributed by atoms with E-state index in [0.717, 1.165) is 28.5 Å². The molecule has 0 saturated heterocycles. The first-order chi connectivity index (χ1) is 16.3. The topological polar surface area (TPSA) is 93.1 Å². The molecule has 4 aromatic rings. The zero-order valence-electron chi connectivity index (χ0n) is 18.6. The van der Waals surface area contributed by atoms with Gasteiger partial charge in [-0.05, 0) is 43.2 Å². The van der Waals surface area contributed by atoms with Crippen molar-refractivity contribution in [2.24, 2.45) is 0 Å². The van der Waals surface area contributed by atoms with Crippen LogP contribution in [0.2, 0.25) is 0 Å². The number of para-hydroxylation sites is 2. The smallest absolute Gasteiger partial charge is 0.244 e. The van der Waals surface area contributed by atoms with E-state index in [1.54, 1.807) is 12.1 Å². The predicted molar refractivity (Wildman–Crippen MR) is 128 cm³/mol. The number of aryl methyl sites for hydroxylation is 1. The average Bonchev–Trinajstić information content (AvgIpc) is 3.14. The van der Waals surface area contributed by atoms with E-state index in [2.05, 4.69) is 15.0 Å². The van der Waals surface area contributed by atoms with Gasteiger partial charge in [0.05, 0.1) is 11.0 Å². The first-order valence-corrected chi connectivity index (χ1v) is 12.3. The quantitative estimate of drug-likeness (QED) is 0.385. The molecule has 176 valence electrons. The Morgan fingerprint density at radius 2 is 1.68 bits per heavy atom. The SMILES string of the molecule is Cc1nc2ccccc2n1CCNC(=O)[C@H](Cc1ccccc1)NS(=O)(=O)c1ccccc1F. The monoisotopic (exact) mass is 480 g/mol. The van der Waals surface area contributed by atoms with Crippen molar-refractivity contribution in [1.82, 2.24) is 19.6 Å². The number of carbonyl (C=O) groups is 1. The molecule has 0 fully saturated rings. The molecule has 0 unspecified atom stereocenters. The van der Waals surface area contributed by atoms with Crippen molar-refractivity contribution in [2.75, 3.05) is 6.54 Å². The fourth-order valence-electron chi connectivity index (χ4n) is 3.84. The maximum atomic E-state index is 14.2. The van der Waals surface area contributed by atoms with Crippen molar-refractivity contribution in [1.29, 1.82) is 0 Å². The molecule has 3 aromatic carbocycles. The van der Waals surface area contributed by atoms with Crippen LogP contribution in [0.25, 0.3) is 11.0 Å². The Morgan fingerprint density at radius 3 is 2.44 bits per heavy atom. The zero-order chi connectivity index (χ0) is 24.1. The van der Waals surface area contributed by atoms with Crippen molar-refractivity contribution in [3.05, 3.63) is 96.1 Å². The Balaban J connectivity index is 1.50. The van der Waals surface area contributed by atoms with Gasteiger partial charge >= 0.3 is 0 Å². The molecule has 34 heavy (non-hydrogen) atoms. The normalized spacial score (nSPS) is 12.5. The number of aromatic nitrogens is 2. The lowest BCUT2D eigenvalue weighted by atomic mass is 10.1. The number of nitrogens with zero attached hydrogens (tertiary/aromatic N) is 2. The zero-order valence-corrected chi connectivity index (χ0v) is 19.4. The number of hydrogen-bond acceptors (Lipinski definition) is 4. The number of benzene rings is 3. The number of sulfonamides is 1. The minimum Gasteiger partial charge on any atom is -0.353 e. The van der Waals surface area contributed by atoms with Crippen molar-refractivity contribution >= 4 is 27.0 Å². The molecule has 0 saturated carbocycles. The molecule has 1 heterocycles. The number of halogens is 1. The van der Waals surface area contributed by atoms with Crippen molar-refractivity contribution in [3.63, 3.8) is 0 Å². The molecule has 1 aromatic heterocycles. The van der Waals surface area contributed by atoms with Crippen LogP contribution in [0, 0.1) is 12.7 Å². The van der Waals surface area contributed by atoms with Gasteiger partial charge in [-0.1, -0.05) is 54.6 Å². The van der Waals surface area contributed by atoms with Crippen LogP contribution in [0.5, 0.6) is 0 Å². The summed E-state index contributed by atoms with van der Waals surface area (Å²) in [5, 5.41) is 2.81. The Bertz CT molecular complexity index is 1400. The molecule has 7 nitrogen and oxygen atoms in total. The number of amides is 1. The predicted octanol–water partition coefficient (Wildman–Crippen LogP) is 3.19. The highest BCUT2D eigenvalue weighted by Crippen LogP contribution is 2.16. The number of nitrogens with one attached hydrogen (secondary N) is 2. The molecule has 1 amide bonds. The third-order valence-corrected chi connectivity index (χ3v) is 7.01. The van der Waals surface area contributed by atoms with Crippen molar-refractivity contribution < 1.29 is 17.6 Å². The van der Waals surface area contributed by atoms with E-state index in [1.165, 1.54) is 18.2 Å². The summed E-state index contributed by atoms with van der Waals surface area (Å²) < 4.78 is 44.3. The lowest BCUT2D eigenvalue weighted by Gasteiger charge is -2.19. The van der Waals surface area contributed by atoms with Gasteiger partial charge in [-0.15, -0.1) is 0 Å². The Hall–Kier alpha value is -3.56. The minimum absolute atomic E-state index is 0.118. The maximum absolute atomic E-state index is 14.2. The number of carbonyl (C=O) groups excluding carboxylic acids is 1. The van der Waals surface area contributed by atoms with E-state index in [-0.39, 0.29) is 13.0 Å². The van der Waals surface area contributed by atoms with Gasteiger partial charge in [-0.3, -0.25) is 4.79 Å². The van der Waals surface area contributed by atoms with E-state index in [1.807, 2.05) is 54.0 Å². The molecule has 0 aliphatic rings. The molecule has 1 atom stereocenters. The first-order valence-electron chi connectivity index (χ1n) is 10.9. The van der Waals surface area contributed by atoms with E-state index in [9.17, 15) is 17.6 Å². The molecule has 4 rings (SSSR count). The van der Waals surface area contributed by atoms with Crippen LogP contribution in [0.3, 0.4) is 0 Å². The van der Waals surface area contributed by atoms with Crippen LogP contribution >= 0.6 is 0 Å².